The lowest BCUT2D eigenvalue weighted by molar-refractivity contribution is 0.00415. The van der Waals surface area contributed by atoms with Crippen LogP contribution >= 0.6 is 0 Å². The Morgan fingerprint density at radius 3 is 2.70 bits per heavy atom. The van der Waals surface area contributed by atoms with Crippen molar-refractivity contribution in [2.24, 2.45) is 0 Å². The van der Waals surface area contributed by atoms with Crippen molar-refractivity contribution < 1.29 is 14.3 Å². The minimum absolute atomic E-state index is 0.218. The number of ether oxygens (including phenoxy) is 2. The van der Waals surface area contributed by atoms with E-state index in [0.717, 1.165) is 18.6 Å². The number of nitrogens with zero attached hydrogens (tertiary/aromatic N) is 1. The Morgan fingerprint density at radius 1 is 1.30 bits per heavy atom. The maximum atomic E-state index is 12.0. The molecule has 1 aliphatic heterocycles. The molecule has 23 heavy (non-hydrogen) atoms. The molecule has 1 N–H and O–H groups in total. The largest absolute Gasteiger partial charge is 0.497 e. The minimum Gasteiger partial charge on any atom is -0.497 e. The first-order valence-electron chi connectivity index (χ1n) is 8.26. The van der Waals surface area contributed by atoms with Crippen LogP contribution in [0.1, 0.15) is 44.4 Å². The third-order valence-electron chi connectivity index (χ3n) is 4.40. The number of benzene rings is 1. The Bertz CT molecular complexity index is 588. The minimum atomic E-state index is -0.434. The van der Waals surface area contributed by atoms with Gasteiger partial charge in [0, 0.05) is 25.2 Å². The Kier molecular flexibility index (Phi) is 4.23. The molecule has 2 aliphatic rings. The average Bonchev–Trinajstić information content (AvgIpc) is 2.82. The molecule has 5 heteroatoms. The van der Waals surface area contributed by atoms with Crippen LogP contribution in [0.5, 0.6) is 5.75 Å². The van der Waals surface area contributed by atoms with Gasteiger partial charge in [0.2, 0.25) is 0 Å². The van der Waals surface area contributed by atoms with Gasteiger partial charge in [-0.3, -0.25) is 0 Å². The molecule has 1 aliphatic carbocycles. The first kappa shape index (κ1) is 16.1. The van der Waals surface area contributed by atoms with Gasteiger partial charge in [-0.25, -0.2) is 4.79 Å². The van der Waals surface area contributed by atoms with Crippen molar-refractivity contribution in [3.05, 3.63) is 29.3 Å². The van der Waals surface area contributed by atoms with Gasteiger partial charge in [-0.15, -0.1) is 0 Å². The monoisotopic (exact) mass is 318 g/mol. The van der Waals surface area contributed by atoms with E-state index in [-0.39, 0.29) is 6.09 Å². The molecule has 1 saturated heterocycles. The SMILES string of the molecule is COc1ccc2c(c1)C(NC1CN(C(=O)OC(C)(C)C)C1)CC2. The van der Waals surface area contributed by atoms with E-state index in [1.807, 2.05) is 26.8 Å². The van der Waals surface area contributed by atoms with Gasteiger partial charge in [-0.2, -0.15) is 0 Å². The van der Waals surface area contributed by atoms with Crippen LogP contribution in [0.15, 0.2) is 18.2 Å². The van der Waals surface area contributed by atoms with Crippen molar-refractivity contribution >= 4 is 6.09 Å². The van der Waals surface area contributed by atoms with Crippen LogP contribution in [0.25, 0.3) is 0 Å². The molecular weight excluding hydrogens is 292 g/mol. The van der Waals surface area contributed by atoms with Crippen molar-refractivity contribution in [3.63, 3.8) is 0 Å². The van der Waals surface area contributed by atoms with E-state index in [2.05, 4.69) is 17.4 Å². The highest BCUT2D eigenvalue weighted by Crippen LogP contribution is 2.34. The summed E-state index contributed by atoms with van der Waals surface area (Å²) in [5.41, 5.74) is 2.29. The molecule has 5 nitrogen and oxygen atoms in total. The molecule has 1 heterocycles. The molecule has 1 fully saturated rings. The number of amides is 1. The molecule has 1 atom stereocenters. The summed E-state index contributed by atoms with van der Waals surface area (Å²) in [6.07, 6.45) is 1.98. The van der Waals surface area contributed by atoms with E-state index in [9.17, 15) is 4.79 Å². The van der Waals surface area contributed by atoms with Gasteiger partial charge >= 0.3 is 6.09 Å². The summed E-state index contributed by atoms with van der Waals surface area (Å²) >= 11 is 0. The van der Waals surface area contributed by atoms with Crippen LogP contribution in [-0.4, -0.2) is 42.8 Å². The van der Waals surface area contributed by atoms with Gasteiger partial charge in [0.15, 0.2) is 0 Å². The predicted molar refractivity (Wildman–Crippen MR) is 88.8 cm³/mol. The van der Waals surface area contributed by atoms with Crippen LogP contribution in [0.4, 0.5) is 4.79 Å². The Hall–Kier alpha value is -1.75. The molecule has 126 valence electrons. The lowest BCUT2D eigenvalue weighted by Gasteiger charge is -2.41. The molecule has 0 saturated carbocycles. The predicted octanol–water partition coefficient (Wildman–Crippen LogP) is 2.89. The molecule has 1 amide bonds. The maximum absolute atomic E-state index is 12.0. The van der Waals surface area contributed by atoms with Crippen molar-refractivity contribution in [1.82, 2.24) is 10.2 Å². The molecule has 1 aromatic carbocycles. The number of likely N-dealkylation sites (tertiary alicyclic amines) is 1. The lowest BCUT2D eigenvalue weighted by Crippen LogP contribution is -2.60. The molecule has 0 bridgehead atoms. The second-order valence-electron chi connectivity index (χ2n) is 7.40. The molecule has 0 aromatic heterocycles. The summed E-state index contributed by atoms with van der Waals surface area (Å²) in [6, 6.07) is 7.00. The number of rotatable bonds is 3. The normalized spacial score (nSPS) is 20.9. The van der Waals surface area contributed by atoms with Gasteiger partial charge in [-0.05, 0) is 56.9 Å². The summed E-state index contributed by atoms with van der Waals surface area (Å²) in [4.78, 5) is 13.7. The van der Waals surface area contributed by atoms with Crippen LogP contribution < -0.4 is 10.1 Å². The number of hydrogen-bond acceptors (Lipinski definition) is 4. The first-order chi connectivity index (χ1) is 10.9. The summed E-state index contributed by atoms with van der Waals surface area (Å²) in [6.45, 7) is 7.10. The van der Waals surface area contributed by atoms with E-state index >= 15 is 0 Å². The lowest BCUT2D eigenvalue weighted by atomic mass is 10.0. The van der Waals surface area contributed by atoms with Gasteiger partial charge in [0.05, 0.1) is 7.11 Å². The highest BCUT2D eigenvalue weighted by atomic mass is 16.6. The summed E-state index contributed by atoms with van der Waals surface area (Å²) in [5.74, 6) is 0.904. The number of aryl methyl sites for hydroxylation is 1. The van der Waals surface area contributed by atoms with Gasteiger partial charge < -0.3 is 19.7 Å². The summed E-state index contributed by atoms with van der Waals surface area (Å²) < 4.78 is 10.7. The summed E-state index contributed by atoms with van der Waals surface area (Å²) in [5, 5.41) is 3.67. The van der Waals surface area contributed by atoms with Crippen LogP contribution in [0.3, 0.4) is 0 Å². The molecule has 3 rings (SSSR count). The zero-order valence-corrected chi connectivity index (χ0v) is 14.4. The molecule has 0 spiro atoms. The molecule has 1 unspecified atom stereocenters. The quantitative estimate of drug-likeness (QED) is 0.931. The fourth-order valence-electron chi connectivity index (χ4n) is 3.22. The summed E-state index contributed by atoms with van der Waals surface area (Å²) in [7, 11) is 1.70. The Labute approximate surface area is 137 Å². The number of carbonyl (C=O) groups is 1. The third kappa shape index (κ3) is 3.61. The van der Waals surface area contributed by atoms with E-state index in [1.165, 1.54) is 11.1 Å². The average molecular weight is 318 g/mol. The highest BCUT2D eigenvalue weighted by Gasteiger charge is 2.36. The fraction of sp³-hybridized carbons (Fsp3) is 0.611. The number of hydrogen-bond donors (Lipinski definition) is 1. The van der Waals surface area contributed by atoms with E-state index < -0.39 is 5.60 Å². The van der Waals surface area contributed by atoms with Crippen LogP contribution in [-0.2, 0) is 11.2 Å². The second-order valence-corrected chi connectivity index (χ2v) is 7.40. The molecule has 1 aromatic rings. The van der Waals surface area contributed by atoms with E-state index in [4.69, 9.17) is 9.47 Å². The highest BCUT2D eigenvalue weighted by molar-refractivity contribution is 5.69. The van der Waals surface area contributed by atoms with Crippen molar-refractivity contribution in [3.8, 4) is 5.75 Å². The third-order valence-corrected chi connectivity index (χ3v) is 4.40. The Balaban J connectivity index is 1.53. The fourth-order valence-corrected chi connectivity index (χ4v) is 3.22. The Morgan fingerprint density at radius 2 is 2.04 bits per heavy atom. The molecule has 0 radical (unpaired) electrons. The topological polar surface area (TPSA) is 50.8 Å². The zero-order chi connectivity index (χ0) is 16.6. The van der Waals surface area contributed by atoms with Crippen LogP contribution in [0, 0.1) is 0 Å². The number of fused-ring (bicyclic) bond motifs is 1. The zero-order valence-electron chi connectivity index (χ0n) is 14.4. The van der Waals surface area contributed by atoms with E-state index in [0.29, 0.717) is 25.2 Å². The molecular formula is C18H26N2O3. The van der Waals surface area contributed by atoms with Gasteiger partial charge in [0.25, 0.3) is 0 Å². The number of carbonyl (C=O) groups excluding carboxylic acids is 1. The smallest absolute Gasteiger partial charge is 0.410 e. The van der Waals surface area contributed by atoms with Gasteiger partial charge in [-0.1, -0.05) is 6.07 Å². The second kappa shape index (κ2) is 6.04. The van der Waals surface area contributed by atoms with Gasteiger partial charge in [0.1, 0.15) is 11.4 Å². The van der Waals surface area contributed by atoms with Crippen LogP contribution in [0.2, 0.25) is 0 Å². The first-order valence-corrected chi connectivity index (χ1v) is 8.26. The maximum Gasteiger partial charge on any atom is 0.410 e. The van der Waals surface area contributed by atoms with E-state index in [1.54, 1.807) is 12.0 Å². The van der Waals surface area contributed by atoms with Crippen molar-refractivity contribution in [2.75, 3.05) is 20.2 Å². The standard InChI is InChI=1S/C18H26N2O3/c1-18(2,3)23-17(21)20-10-13(11-20)19-16-8-6-12-5-7-14(22-4)9-15(12)16/h5,7,9,13,16,19H,6,8,10-11H2,1-4H3. The van der Waals surface area contributed by atoms with Crippen molar-refractivity contribution in [2.45, 2.75) is 51.3 Å². The number of nitrogens with one attached hydrogen (secondary N) is 1. The number of methoxy groups -OCH3 is 1. The van der Waals surface area contributed by atoms with Crippen molar-refractivity contribution in [1.29, 1.82) is 0 Å².